The molecule has 1 saturated carbocycles. The highest BCUT2D eigenvalue weighted by molar-refractivity contribution is 5.65. The van der Waals surface area contributed by atoms with E-state index >= 15 is 0 Å². The van der Waals surface area contributed by atoms with Gasteiger partial charge in [0.15, 0.2) is 23.7 Å². The Hall–Kier alpha value is -1.92. The van der Waals surface area contributed by atoms with E-state index in [1.54, 1.807) is 6.07 Å². The zero-order chi connectivity index (χ0) is 22.0. The highest BCUT2D eigenvalue weighted by Gasteiger charge is 2.33. The van der Waals surface area contributed by atoms with Crippen molar-refractivity contribution in [3.8, 4) is 11.1 Å². The molecule has 1 saturated heterocycles. The first-order valence-corrected chi connectivity index (χ1v) is 11.1. The summed E-state index contributed by atoms with van der Waals surface area (Å²) < 4.78 is 66.9. The molecule has 0 amide bonds. The summed E-state index contributed by atoms with van der Waals surface area (Å²) in [7, 11) is 0. The molecule has 4 rings (SSSR count). The molecule has 0 bridgehead atoms. The van der Waals surface area contributed by atoms with Crippen LogP contribution in [0.5, 0.6) is 0 Å². The van der Waals surface area contributed by atoms with Crippen molar-refractivity contribution < 1.29 is 27.0 Å². The van der Waals surface area contributed by atoms with E-state index in [4.69, 9.17) is 9.47 Å². The van der Waals surface area contributed by atoms with Crippen molar-refractivity contribution in [1.82, 2.24) is 0 Å². The largest absolute Gasteiger partial charge is 0.352 e. The van der Waals surface area contributed by atoms with Crippen molar-refractivity contribution in [2.75, 3.05) is 13.2 Å². The Bertz CT molecular complexity index is 877. The zero-order valence-electron chi connectivity index (χ0n) is 17.7. The highest BCUT2D eigenvalue weighted by atomic mass is 19.2. The lowest BCUT2D eigenvalue weighted by molar-refractivity contribution is -0.229. The number of ether oxygens (including phenoxy) is 2. The van der Waals surface area contributed by atoms with E-state index in [2.05, 4.69) is 6.92 Å². The minimum atomic E-state index is -1.55. The first-order chi connectivity index (χ1) is 15.0. The lowest BCUT2D eigenvalue weighted by Crippen LogP contribution is -2.38. The molecular formula is C25H28F4O2. The SMILES string of the molecule is CCCC1COC(C2CCC(c3ccc(-c4cc(F)c(F)c(F)c4)c(F)c3)CC2)OC1. The Morgan fingerprint density at radius 1 is 0.839 bits per heavy atom. The third kappa shape index (κ3) is 4.96. The average molecular weight is 436 g/mol. The molecule has 0 unspecified atom stereocenters. The molecule has 1 heterocycles. The van der Waals surface area contributed by atoms with E-state index in [9.17, 15) is 17.6 Å². The van der Waals surface area contributed by atoms with Crippen LogP contribution in [0.1, 0.15) is 56.9 Å². The summed E-state index contributed by atoms with van der Waals surface area (Å²) in [6.45, 7) is 3.68. The Kier molecular flexibility index (Phi) is 6.97. The first-order valence-electron chi connectivity index (χ1n) is 11.1. The van der Waals surface area contributed by atoms with Crippen molar-refractivity contribution >= 4 is 0 Å². The van der Waals surface area contributed by atoms with E-state index in [1.807, 2.05) is 0 Å². The molecule has 1 aliphatic carbocycles. The molecule has 0 spiro atoms. The van der Waals surface area contributed by atoms with Gasteiger partial charge in [0.1, 0.15) is 5.82 Å². The molecule has 2 aromatic carbocycles. The molecule has 0 atom stereocenters. The van der Waals surface area contributed by atoms with E-state index < -0.39 is 23.3 Å². The van der Waals surface area contributed by atoms with Gasteiger partial charge in [0, 0.05) is 17.4 Å². The molecule has 0 N–H and O–H groups in total. The third-order valence-corrected chi connectivity index (χ3v) is 6.61. The predicted molar refractivity (Wildman–Crippen MR) is 110 cm³/mol. The summed E-state index contributed by atoms with van der Waals surface area (Å²) in [5.41, 5.74) is 0.911. The highest BCUT2D eigenvalue weighted by Crippen LogP contribution is 2.40. The summed E-state index contributed by atoms with van der Waals surface area (Å²) in [4.78, 5) is 0. The van der Waals surface area contributed by atoms with Crippen LogP contribution in [0.4, 0.5) is 17.6 Å². The Balaban J connectivity index is 1.38. The van der Waals surface area contributed by atoms with Crippen molar-refractivity contribution in [2.45, 2.75) is 57.7 Å². The normalized spacial score (nSPS) is 26.7. The smallest absolute Gasteiger partial charge is 0.194 e. The summed E-state index contributed by atoms with van der Waals surface area (Å²) in [5, 5.41) is 0. The molecule has 2 nitrogen and oxygen atoms in total. The van der Waals surface area contributed by atoms with Crippen LogP contribution in [0.25, 0.3) is 11.1 Å². The molecule has 0 aromatic heterocycles. The molecule has 168 valence electrons. The summed E-state index contributed by atoms with van der Waals surface area (Å²) in [6.07, 6.45) is 5.83. The van der Waals surface area contributed by atoms with E-state index in [1.165, 1.54) is 12.1 Å². The van der Waals surface area contributed by atoms with Crippen LogP contribution in [0.15, 0.2) is 30.3 Å². The number of halogens is 4. The molecule has 2 aliphatic rings. The van der Waals surface area contributed by atoms with Crippen LogP contribution < -0.4 is 0 Å². The Morgan fingerprint density at radius 2 is 1.48 bits per heavy atom. The van der Waals surface area contributed by atoms with Crippen LogP contribution in [-0.4, -0.2) is 19.5 Å². The van der Waals surface area contributed by atoms with Crippen LogP contribution in [0, 0.1) is 35.1 Å². The maximum absolute atomic E-state index is 14.7. The van der Waals surface area contributed by atoms with Gasteiger partial charge in [-0.25, -0.2) is 17.6 Å². The van der Waals surface area contributed by atoms with Crippen LogP contribution in [-0.2, 0) is 9.47 Å². The zero-order valence-corrected chi connectivity index (χ0v) is 17.7. The summed E-state index contributed by atoms with van der Waals surface area (Å²) >= 11 is 0. The van der Waals surface area contributed by atoms with Gasteiger partial charge in [-0.2, -0.15) is 0 Å². The fraction of sp³-hybridized carbons (Fsp3) is 0.520. The Morgan fingerprint density at radius 3 is 2.06 bits per heavy atom. The molecular weight excluding hydrogens is 408 g/mol. The van der Waals surface area contributed by atoms with Crippen molar-refractivity contribution in [3.63, 3.8) is 0 Å². The quantitative estimate of drug-likeness (QED) is 0.372. The predicted octanol–water partition coefficient (Wildman–Crippen LogP) is 6.97. The van der Waals surface area contributed by atoms with E-state index in [0.717, 1.165) is 69.4 Å². The molecule has 31 heavy (non-hydrogen) atoms. The molecule has 2 fully saturated rings. The lowest BCUT2D eigenvalue weighted by atomic mass is 9.78. The fourth-order valence-electron chi connectivity index (χ4n) is 4.86. The van der Waals surface area contributed by atoms with Gasteiger partial charge in [-0.05, 0) is 67.3 Å². The van der Waals surface area contributed by atoms with Gasteiger partial charge in [-0.15, -0.1) is 0 Å². The van der Waals surface area contributed by atoms with Gasteiger partial charge in [-0.3, -0.25) is 0 Å². The second-order valence-corrected chi connectivity index (χ2v) is 8.79. The monoisotopic (exact) mass is 436 g/mol. The topological polar surface area (TPSA) is 18.5 Å². The van der Waals surface area contributed by atoms with E-state index in [0.29, 0.717) is 11.8 Å². The van der Waals surface area contributed by atoms with Crippen molar-refractivity contribution in [1.29, 1.82) is 0 Å². The minimum Gasteiger partial charge on any atom is -0.352 e. The third-order valence-electron chi connectivity index (χ3n) is 6.61. The maximum Gasteiger partial charge on any atom is 0.194 e. The molecule has 2 aromatic rings. The Labute approximate surface area is 180 Å². The average Bonchev–Trinajstić information content (AvgIpc) is 2.78. The number of benzene rings is 2. The molecule has 1 aliphatic heterocycles. The van der Waals surface area contributed by atoms with Crippen LogP contribution in [0.3, 0.4) is 0 Å². The van der Waals surface area contributed by atoms with Gasteiger partial charge < -0.3 is 9.47 Å². The maximum atomic E-state index is 14.7. The van der Waals surface area contributed by atoms with Crippen molar-refractivity contribution in [2.24, 2.45) is 11.8 Å². The van der Waals surface area contributed by atoms with Gasteiger partial charge in [0.25, 0.3) is 0 Å². The summed E-state index contributed by atoms with van der Waals surface area (Å²) in [5.74, 6) is -3.71. The lowest BCUT2D eigenvalue weighted by Gasteiger charge is -2.37. The minimum absolute atomic E-state index is 0.0165. The number of rotatable bonds is 5. The molecule has 0 radical (unpaired) electrons. The number of hydrogen-bond acceptors (Lipinski definition) is 2. The standard InChI is InChI=1S/C25H28F4O2/c1-2-3-15-13-30-25(31-14-15)17-6-4-16(5-7-17)18-8-9-20(21(26)10-18)19-11-22(27)24(29)23(28)12-19/h8-12,15-17,25H,2-7,13-14H2,1H3. The second kappa shape index (κ2) is 9.70. The second-order valence-electron chi connectivity index (χ2n) is 8.79. The van der Waals surface area contributed by atoms with Crippen molar-refractivity contribution in [3.05, 3.63) is 59.2 Å². The van der Waals surface area contributed by atoms with Crippen LogP contribution in [0.2, 0.25) is 0 Å². The van der Waals surface area contributed by atoms with Crippen LogP contribution >= 0.6 is 0 Å². The fourth-order valence-corrected chi connectivity index (χ4v) is 4.86. The molecule has 6 heteroatoms. The van der Waals surface area contributed by atoms with Gasteiger partial charge in [0.05, 0.1) is 13.2 Å². The van der Waals surface area contributed by atoms with Gasteiger partial charge in [0.2, 0.25) is 0 Å². The van der Waals surface area contributed by atoms with Gasteiger partial charge in [-0.1, -0.05) is 25.5 Å². The van der Waals surface area contributed by atoms with E-state index in [-0.39, 0.29) is 23.3 Å². The summed E-state index contributed by atoms with van der Waals surface area (Å²) in [6, 6.07) is 6.38. The first kappa shape index (κ1) is 22.3. The van der Waals surface area contributed by atoms with Gasteiger partial charge >= 0.3 is 0 Å². The number of hydrogen-bond donors (Lipinski definition) is 0.